The van der Waals surface area contributed by atoms with Crippen LogP contribution in [0.25, 0.3) is 0 Å². The molecule has 0 aromatic rings. The van der Waals surface area contributed by atoms with E-state index in [0.717, 1.165) is 32.4 Å². The summed E-state index contributed by atoms with van der Waals surface area (Å²) in [6, 6.07) is 0.852. The second-order valence-corrected chi connectivity index (χ2v) is 4.92. The van der Waals surface area contributed by atoms with Gasteiger partial charge in [-0.25, -0.2) is 0 Å². The van der Waals surface area contributed by atoms with Gasteiger partial charge in [-0.1, -0.05) is 13.8 Å². The lowest BCUT2D eigenvalue weighted by Crippen LogP contribution is -2.43. The summed E-state index contributed by atoms with van der Waals surface area (Å²) in [7, 11) is 0. The van der Waals surface area contributed by atoms with Crippen LogP contribution < -0.4 is 11.1 Å². The smallest absolute Gasteiger partial charge is 0.234 e. The van der Waals surface area contributed by atoms with E-state index in [1.807, 2.05) is 0 Å². The highest BCUT2D eigenvalue weighted by Gasteiger charge is 2.25. The largest absolute Gasteiger partial charge is 0.352 e. The first kappa shape index (κ1) is 14.5. The maximum atomic E-state index is 11.9. The van der Waals surface area contributed by atoms with Crippen LogP contribution in [0.15, 0.2) is 0 Å². The number of nitrogens with one attached hydrogen (secondary N) is 1. The van der Waals surface area contributed by atoms with Gasteiger partial charge >= 0.3 is 0 Å². The minimum atomic E-state index is 0.169. The van der Waals surface area contributed by atoms with Crippen molar-refractivity contribution in [2.45, 2.75) is 58.0 Å². The highest BCUT2D eigenvalue weighted by atomic mass is 16.2. The van der Waals surface area contributed by atoms with E-state index in [-0.39, 0.29) is 5.91 Å². The summed E-state index contributed by atoms with van der Waals surface area (Å²) in [4.78, 5) is 14.2. The van der Waals surface area contributed by atoms with Crippen LogP contribution in [0.4, 0.5) is 0 Å². The van der Waals surface area contributed by atoms with Gasteiger partial charge in [0, 0.05) is 12.1 Å². The molecule has 100 valence electrons. The molecule has 0 aromatic carbocycles. The first-order valence-corrected chi connectivity index (χ1v) is 6.94. The molecule has 3 N–H and O–H groups in total. The minimum absolute atomic E-state index is 0.169. The fraction of sp³-hybridized carbons (Fsp3) is 0.923. The van der Waals surface area contributed by atoms with Crippen LogP contribution in [0.5, 0.6) is 0 Å². The Morgan fingerprint density at radius 3 is 2.76 bits per heavy atom. The van der Waals surface area contributed by atoms with Crippen molar-refractivity contribution in [3.05, 3.63) is 0 Å². The van der Waals surface area contributed by atoms with Gasteiger partial charge in [-0.3, -0.25) is 9.69 Å². The monoisotopic (exact) mass is 241 g/mol. The lowest BCUT2D eigenvalue weighted by atomic mass is 10.1. The third kappa shape index (κ3) is 4.64. The van der Waals surface area contributed by atoms with Gasteiger partial charge in [-0.2, -0.15) is 0 Å². The van der Waals surface area contributed by atoms with Crippen LogP contribution in [-0.2, 0) is 4.79 Å². The van der Waals surface area contributed by atoms with Crippen LogP contribution in [0.2, 0.25) is 0 Å². The van der Waals surface area contributed by atoms with Gasteiger partial charge in [-0.05, 0) is 45.2 Å². The van der Waals surface area contributed by atoms with Crippen molar-refractivity contribution in [2.75, 3.05) is 19.6 Å². The number of amides is 1. The summed E-state index contributed by atoms with van der Waals surface area (Å²) < 4.78 is 0. The van der Waals surface area contributed by atoms with E-state index in [1.54, 1.807) is 0 Å². The van der Waals surface area contributed by atoms with Crippen molar-refractivity contribution >= 4 is 5.91 Å². The average Bonchev–Trinajstić information content (AvgIpc) is 2.74. The maximum Gasteiger partial charge on any atom is 0.234 e. The van der Waals surface area contributed by atoms with Gasteiger partial charge in [0.05, 0.1) is 6.54 Å². The molecule has 0 spiro atoms. The first-order valence-electron chi connectivity index (χ1n) is 6.94. The van der Waals surface area contributed by atoms with Gasteiger partial charge < -0.3 is 11.1 Å². The van der Waals surface area contributed by atoms with Crippen molar-refractivity contribution in [2.24, 2.45) is 5.73 Å². The van der Waals surface area contributed by atoms with E-state index < -0.39 is 0 Å². The highest BCUT2D eigenvalue weighted by Crippen LogP contribution is 2.18. The Labute approximate surface area is 105 Å². The predicted molar refractivity (Wildman–Crippen MR) is 70.8 cm³/mol. The van der Waals surface area contributed by atoms with E-state index >= 15 is 0 Å². The van der Waals surface area contributed by atoms with E-state index in [4.69, 9.17) is 5.73 Å². The Hall–Kier alpha value is -0.610. The molecular weight excluding hydrogens is 214 g/mol. The number of likely N-dealkylation sites (tertiary alicyclic amines) is 1. The number of nitrogens with zero attached hydrogens (tertiary/aromatic N) is 1. The van der Waals surface area contributed by atoms with Gasteiger partial charge in [0.2, 0.25) is 5.91 Å². The number of carbonyl (C=O) groups is 1. The number of rotatable bonds is 7. The molecule has 1 amide bonds. The Balaban J connectivity index is 2.34. The second kappa shape index (κ2) is 7.67. The molecule has 1 saturated heterocycles. The fourth-order valence-electron chi connectivity index (χ4n) is 2.57. The summed E-state index contributed by atoms with van der Waals surface area (Å²) in [6.07, 6.45) is 5.42. The summed E-state index contributed by atoms with van der Waals surface area (Å²) in [6.45, 7) is 6.53. The van der Waals surface area contributed by atoms with Gasteiger partial charge in [0.25, 0.3) is 0 Å². The molecule has 0 aromatic heterocycles. The Kier molecular flexibility index (Phi) is 6.52. The van der Waals surface area contributed by atoms with Crippen molar-refractivity contribution < 1.29 is 4.79 Å². The third-order valence-electron chi connectivity index (χ3n) is 3.70. The Bertz CT molecular complexity index is 229. The van der Waals surface area contributed by atoms with E-state index in [0.29, 0.717) is 18.6 Å². The summed E-state index contributed by atoms with van der Waals surface area (Å²) in [5.74, 6) is 0.169. The topological polar surface area (TPSA) is 58.4 Å². The number of nitrogens with two attached hydrogens (primary N) is 1. The quantitative estimate of drug-likeness (QED) is 0.702. The molecule has 4 nitrogen and oxygen atoms in total. The van der Waals surface area contributed by atoms with Crippen molar-refractivity contribution in [3.8, 4) is 0 Å². The molecule has 1 rings (SSSR count). The van der Waals surface area contributed by atoms with Crippen LogP contribution in [0, 0.1) is 0 Å². The third-order valence-corrected chi connectivity index (χ3v) is 3.70. The van der Waals surface area contributed by atoms with Crippen LogP contribution >= 0.6 is 0 Å². The first-order chi connectivity index (χ1) is 8.21. The molecular formula is C13H27N3O. The molecule has 0 saturated carbocycles. The van der Waals surface area contributed by atoms with Gasteiger partial charge in [-0.15, -0.1) is 0 Å². The zero-order chi connectivity index (χ0) is 12.7. The van der Waals surface area contributed by atoms with Crippen LogP contribution in [-0.4, -0.2) is 42.5 Å². The molecule has 1 fully saturated rings. The molecule has 1 aliphatic heterocycles. The Morgan fingerprint density at radius 1 is 1.47 bits per heavy atom. The lowest BCUT2D eigenvalue weighted by Gasteiger charge is -2.24. The standard InChI is InChI=1S/C13H27N3O/c1-3-11(4-2)15-13(17)10-16-9-5-6-12(16)7-8-14/h11-12H,3-10,14H2,1-2H3,(H,15,17). The number of hydrogen-bond acceptors (Lipinski definition) is 3. The molecule has 1 atom stereocenters. The van der Waals surface area contributed by atoms with Crippen molar-refractivity contribution in [1.82, 2.24) is 10.2 Å². The van der Waals surface area contributed by atoms with E-state index in [2.05, 4.69) is 24.1 Å². The minimum Gasteiger partial charge on any atom is -0.352 e. The van der Waals surface area contributed by atoms with E-state index in [9.17, 15) is 4.79 Å². The second-order valence-electron chi connectivity index (χ2n) is 4.92. The summed E-state index contributed by atoms with van der Waals surface area (Å²) in [5.41, 5.74) is 5.60. The van der Waals surface area contributed by atoms with Crippen molar-refractivity contribution in [1.29, 1.82) is 0 Å². The number of hydrogen-bond donors (Lipinski definition) is 2. The fourth-order valence-corrected chi connectivity index (χ4v) is 2.57. The molecule has 0 aliphatic carbocycles. The average molecular weight is 241 g/mol. The summed E-state index contributed by atoms with van der Waals surface area (Å²) in [5, 5.41) is 3.09. The number of carbonyl (C=O) groups excluding carboxylic acids is 1. The lowest BCUT2D eigenvalue weighted by molar-refractivity contribution is -0.123. The maximum absolute atomic E-state index is 11.9. The molecule has 0 bridgehead atoms. The Morgan fingerprint density at radius 2 is 2.18 bits per heavy atom. The molecule has 1 unspecified atom stereocenters. The molecule has 4 heteroatoms. The highest BCUT2D eigenvalue weighted by molar-refractivity contribution is 5.78. The molecule has 1 heterocycles. The zero-order valence-electron chi connectivity index (χ0n) is 11.2. The van der Waals surface area contributed by atoms with E-state index in [1.165, 1.54) is 12.8 Å². The normalized spacial score (nSPS) is 21.1. The summed E-state index contributed by atoms with van der Waals surface area (Å²) >= 11 is 0. The van der Waals surface area contributed by atoms with Crippen molar-refractivity contribution in [3.63, 3.8) is 0 Å². The molecule has 17 heavy (non-hydrogen) atoms. The van der Waals surface area contributed by atoms with Gasteiger partial charge in [0.15, 0.2) is 0 Å². The van der Waals surface area contributed by atoms with Gasteiger partial charge in [0.1, 0.15) is 0 Å². The zero-order valence-corrected chi connectivity index (χ0v) is 11.2. The SMILES string of the molecule is CCC(CC)NC(=O)CN1CCCC1CCN. The molecule has 0 radical (unpaired) electrons. The van der Waals surface area contributed by atoms with Crippen LogP contribution in [0.3, 0.4) is 0 Å². The van der Waals surface area contributed by atoms with Crippen LogP contribution in [0.1, 0.15) is 46.0 Å². The molecule has 1 aliphatic rings. The predicted octanol–water partition coefficient (Wildman–Crippen LogP) is 1.10.